The molecule has 2 aromatic rings. The van der Waals surface area contributed by atoms with Crippen LogP contribution in [-0.4, -0.2) is 4.98 Å². The summed E-state index contributed by atoms with van der Waals surface area (Å²) < 4.78 is 12.9. The lowest BCUT2D eigenvalue weighted by Crippen LogP contribution is -1.93. The second-order valence-corrected chi connectivity index (χ2v) is 4.47. The molecular weight excluding hydrogens is 235 g/mol. The summed E-state index contributed by atoms with van der Waals surface area (Å²) >= 11 is 7.17. The summed E-state index contributed by atoms with van der Waals surface area (Å²) in [6.45, 7) is 0.416. The SMILES string of the molecule is NCc1ncc(-c2ccc(F)c(Cl)c2)s1. The van der Waals surface area contributed by atoms with Crippen LogP contribution in [0.5, 0.6) is 0 Å². The van der Waals surface area contributed by atoms with Crippen molar-refractivity contribution in [2.24, 2.45) is 5.73 Å². The molecule has 1 aromatic heterocycles. The summed E-state index contributed by atoms with van der Waals surface area (Å²) in [6, 6.07) is 4.61. The predicted molar refractivity (Wildman–Crippen MR) is 60.4 cm³/mol. The highest BCUT2D eigenvalue weighted by Crippen LogP contribution is 2.29. The Balaban J connectivity index is 2.40. The summed E-state index contributed by atoms with van der Waals surface area (Å²) in [4.78, 5) is 5.06. The van der Waals surface area contributed by atoms with E-state index in [-0.39, 0.29) is 5.02 Å². The van der Waals surface area contributed by atoms with Gasteiger partial charge in [0.2, 0.25) is 0 Å². The van der Waals surface area contributed by atoms with Crippen molar-refractivity contribution in [3.8, 4) is 10.4 Å². The van der Waals surface area contributed by atoms with Gasteiger partial charge < -0.3 is 5.73 Å². The molecule has 0 aliphatic rings. The van der Waals surface area contributed by atoms with Crippen LogP contribution in [0.1, 0.15) is 5.01 Å². The molecule has 0 saturated carbocycles. The maximum atomic E-state index is 12.9. The number of rotatable bonds is 2. The third-order valence-corrected chi connectivity index (χ3v) is 3.29. The number of thiazole rings is 1. The van der Waals surface area contributed by atoms with Gasteiger partial charge in [-0.3, -0.25) is 0 Å². The molecule has 78 valence electrons. The first kappa shape index (κ1) is 10.5. The van der Waals surface area contributed by atoms with Gasteiger partial charge in [0.05, 0.1) is 9.90 Å². The monoisotopic (exact) mass is 242 g/mol. The fourth-order valence-corrected chi connectivity index (χ4v) is 2.16. The van der Waals surface area contributed by atoms with Gasteiger partial charge in [0.25, 0.3) is 0 Å². The Morgan fingerprint density at radius 1 is 1.47 bits per heavy atom. The van der Waals surface area contributed by atoms with Gasteiger partial charge in [0.1, 0.15) is 10.8 Å². The van der Waals surface area contributed by atoms with Crippen molar-refractivity contribution in [3.05, 3.63) is 40.2 Å². The molecule has 0 fully saturated rings. The van der Waals surface area contributed by atoms with Crippen LogP contribution in [0.3, 0.4) is 0 Å². The third kappa shape index (κ3) is 2.17. The van der Waals surface area contributed by atoms with Gasteiger partial charge in [0, 0.05) is 12.7 Å². The highest BCUT2D eigenvalue weighted by molar-refractivity contribution is 7.15. The zero-order chi connectivity index (χ0) is 10.8. The Labute approximate surface area is 95.5 Å². The van der Waals surface area contributed by atoms with Crippen molar-refractivity contribution in [2.45, 2.75) is 6.54 Å². The molecule has 1 heterocycles. The largest absolute Gasteiger partial charge is 0.325 e. The molecule has 0 saturated heterocycles. The van der Waals surface area contributed by atoms with Gasteiger partial charge in [-0.1, -0.05) is 17.7 Å². The first-order chi connectivity index (χ1) is 7.20. The second kappa shape index (κ2) is 4.26. The number of aromatic nitrogens is 1. The van der Waals surface area contributed by atoms with Gasteiger partial charge in [-0.15, -0.1) is 11.3 Å². The van der Waals surface area contributed by atoms with Crippen molar-refractivity contribution >= 4 is 22.9 Å². The van der Waals surface area contributed by atoms with E-state index in [2.05, 4.69) is 4.98 Å². The van der Waals surface area contributed by atoms with Gasteiger partial charge in [-0.2, -0.15) is 0 Å². The Morgan fingerprint density at radius 2 is 2.27 bits per heavy atom. The quantitative estimate of drug-likeness (QED) is 0.879. The molecular formula is C10H8ClFN2S. The fraction of sp³-hybridized carbons (Fsp3) is 0.100. The van der Waals surface area contributed by atoms with Crippen LogP contribution in [0.2, 0.25) is 5.02 Å². The summed E-state index contributed by atoms with van der Waals surface area (Å²) in [6.07, 6.45) is 1.72. The second-order valence-electron chi connectivity index (χ2n) is 2.95. The first-order valence-corrected chi connectivity index (χ1v) is 5.50. The maximum Gasteiger partial charge on any atom is 0.141 e. The van der Waals surface area contributed by atoms with Gasteiger partial charge in [-0.25, -0.2) is 9.37 Å². The van der Waals surface area contributed by atoms with Crippen molar-refractivity contribution in [2.75, 3.05) is 0 Å². The number of hydrogen-bond donors (Lipinski definition) is 1. The van der Waals surface area contributed by atoms with Gasteiger partial charge in [0.15, 0.2) is 0 Å². The molecule has 1 aromatic carbocycles. The fourth-order valence-electron chi connectivity index (χ4n) is 1.19. The standard InChI is InChI=1S/C10H8ClFN2S/c11-7-3-6(1-2-8(7)12)9-5-14-10(4-13)15-9/h1-3,5H,4,13H2. The topological polar surface area (TPSA) is 38.9 Å². The zero-order valence-corrected chi connectivity index (χ0v) is 9.28. The molecule has 2 N–H and O–H groups in total. The minimum absolute atomic E-state index is 0.121. The first-order valence-electron chi connectivity index (χ1n) is 4.31. The number of hydrogen-bond acceptors (Lipinski definition) is 3. The number of nitrogens with two attached hydrogens (primary N) is 1. The summed E-state index contributed by atoms with van der Waals surface area (Å²) in [5.74, 6) is -0.413. The predicted octanol–water partition coefficient (Wildman–Crippen LogP) is 3.06. The van der Waals surface area contributed by atoms with E-state index in [9.17, 15) is 4.39 Å². The zero-order valence-electron chi connectivity index (χ0n) is 7.71. The van der Waals surface area contributed by atoms with Crippen molar-refractivity contribution < 1.29 is 4.39 Å². The normalized spacial score (nSPS) is 10.6. The van der Waals surface area contributed by atoms with Crippen LogP contribution < -0.4 is 5.73 Å². The Morgan fingerprint density at radius 3 is 2.87 bits per heavy atom. The molecule has 0 bridgehead atoms. The molecule has 0 amide bonds. The molecule has 15 heavy (non-hydrogen) atoms. The Hall–Kier alpha value is -0.970. The molecule has 2 nitrogen and oxygen atoms in total. The van der Waals surface area contributed by atoms with Crippen LogP contribution in [0.15, 0.2) is 24.4 Å². The van der Waals surface area contributed by atoms with E-state index >= 15 is 0 Å². The van der Waals surface area contributed by atoms with Crippen molar-refractivity contribution in [1.82, 2.24) is 4.98 Å². The molecule has 2 rings (SSSR count). The van der Waals surface area contributed by atoms with E-state index < -0.39 is 5.82 Å². The number of halogens is 2. The van der Waals surface area contributed by atoms with E-state index in [0.717, 1.165) is 15.4 Å². The molecule has 0 spiro atoms. The lowest BCUT2D eigenvalue weighted by molar-refractivity contribution is 0.628. The summed E-state index contributed by atoms with van der Waals surface area (Å²) in [7, 11) is 0. The molecule has 0 unspecified atom stereocenters. The van der Waals surface area contributed by atoms with Gasteiger partial charge >= 0.3 is 0 Å². The number of benzene rings is 1. The lowest BCUT2D eigenvalue weighted by Gasteiger charge is -1.98. The number of nitrogens with zero attached hydrogens (tertiary/aromatic N) is 1. The maximum absolute atomic E-state index is 12.9. The molecule has 0 atom stereocenters. The van der Waals surface area contributed by atoms with Crippen LogP contribution in [0.4, 0.5) is 4.39 Å². The summed E-state index contributed by atoms with van der Waals surface area (Å²) in [5, 5.41) is 0.973. The van der Waals surface area contributed by atoms with Crippen LogP contribution in [-0.2, 0) is 6.54 Å². The Bertz CT molecular complexity index is 484. The Kier molecular flexibility index (Phi) is 3.00. The van der Waals surface area contributed by atoms with E-state index in [4.69, 9.17) is 17.3 Å². The van der Waals surface area contributed by atoms with Crippen molar-refractivity contribution in [1.29, 1.82) is 0 Å². The van der Waals surface area contributed by atoms with E-state index in [1.807, 2.05) is 0 Å². The molecule has 0 aliphatic heterocycles. The van der Waals surface area contributed by atoms with E-state index in [1.54, 1.807) is 18.3 Å². The van der Waals surface area contributed by atoms with E-state index in [0.29, 0.717) is 6.54 Å². The molecule has 0 radical (unpaired) electrons. The van der Waals surface area contributed by atoms with Crippen LogP contribution in [0.25, 0.3) is 10.4 Å². The average molecular weight is 243 g/mol. The minimum Gasteiger partial charge on any atom is -0.325 e. The average Bonchev–Trinajstić information content (AvgIpc) is 2.70. The third-order valence-electron chi connectivity index (χ3n) is 1.93. The van der Waals surface area contributed by atoms with Crippen LogP contribution >= 0.6 is 22.9 Å². The smallest absolute Gasteiger partial charge is 0.141 e. The van der Waals surface area contributed by atoms with Crippen LogP contribution in [0, 0.1) is 5.82 Å². The van der Waals surface area contributed by atoms with Crippen molar-refractivity contribution in [3.63, 3.8) is 0 Å². The minimum atomic E-state index is -0.413. The highest BCUT2D eigenvalue weighted by atomic mass is 35.5. The molecule has 0 aliphatic carbocycles. The highest BCUT2D eigenvalue weighted by Gasteiger charge is 2.06. The van der Waals surface area contributed by atoms with E-state index in [1.165, 1.54) is 17.4 Å². The summed E-state index contributed by atoms with van der Waals surface area (Å²) in [5.41, 5.74) is 6.32. The van der Waals surface area contributed by atoms with Gasteiger partial charge in [-0.05, 0) is 17.7 Å². The molecule has 5 heteroatoms. The lowest BCUT2D eigenvalue weighted by atomic mass is 10.2.